The molecule has 19 heavy (non-hydrogen) atoms. The summed E-state index contributed by atoms with van der Waals surface area (Å²) in [6, 6.07) is 0. The van der Waals surface area contributed by atoms with E-state index >= 15 is 0 Å². The Morgan fingerprint density at radius 1 is 0.895 bits per heavy atom. The molecule has 1 N–H and O–H groups in total. The molecular weight excluding hydrogens is 229 g/mol. The summed E-state index contributed by atoms with van der Waals surface area (Å²) in [5.74, 6) is 0. The van der Waals surface area contributed by atoms with E-state index in [1.807, 2.05) is 0 Å². The monoisotopic (exact) mass is 267 g/mol. The fraction of sp³-hybridized carbons (Fsp3) is 1.00. The number of hydrogen-bond acceptors (Lipinski definition) is 1. The highest BCUT2D eigenvalue weighted by molar-refractivity contribution is 6.15. The summed E-state index contributed by atoms with van der Waals surface area (Å²) in [5, 5.41) is 4.14. The molecule has 2 heteroatoms. The van der Waals surface area contributed by atoms with Crippen molar-refractivity contribution in [2.45, 2.75) is 97.8 Å². The van der Waals surface area contributed by atoms with E-state index in [2.05, 4.69) is 61.6 Å². The number of unbranched alkanes of at least 4 members (excludes halogenated alkanes) is 1. The van der Waals surface area contributed by atoms with Crippen LogP contribution in [0.2, 0.25) is 5.31 Å². The van der Waals surface area contributed by atoms with Gasteiger partial charge in [-0.25, -0.2) is 0 Å². The van der Waals surface area contributed by atoms with E-state index in [4.69, 9.17) is 0 Å². The van der Waals surface area contributed by atoms with Gasteiger partial charge in [0, 0.05) is 5.54 Å². The van der Waals surface area contributed by atoms with Crippen LogP contribution in [0.5, 0.6) is 0 Å². The van der Waals surface area contributed by atoms with Gasteiger partial charge in [0.15, 0.2) is 0 Å². The summed E-state index contributed by atoms with van der Waals surface area (Å²) in [7, 11) is 2.50. The van der Waals surface area contributed by atoms with Crippen LogP contribution in [0.4, 0.5) is 0 Å². The second-order valence-corrected chi connectivity index (χ2v) is 8.93. The van der Waals surface area contributed by atoms with Gasteiger partial charge in [0.2, 0.25) is 0 Å². The fourth-order valence-electron chi connectivity index (χ4n) is 3.16. The first-order valence-electron chi connectivity index (χ1n) is 8.22. The van der Waals surface area contributed by atoms with Crippen molar-refractivity contribution >= 4 is 7.85 Å². The van der Waals surface area contributed by atoms with Crippen molar-refractivity contribution in [1.82, 2.24) is 5.32 Å². The molecule has 0 aromatic heterocycles. The van der Waals surface area contributed by atoms with E-state index in [9.17, 15) is 0 Å². The molecule has 1 unspecified atom stereocenters. The summed E-state index contributed by atoms with van der Waals surface area (Å²) in [4.78, 5) is 0. The summed E-state index contributed by atoms with van der Waals surface area (Å²) < 4.78 is 0. The molecule has 0 amide bonds. The maximum absolute atomic E-state index is 3.61. The molecule has 0 aliphatic heterocycles. The van der Waals surface area contributed by atoms with E-state index in [0.29, 0.717) is 10.7 Å². The normalized spacial score (nSPS) is 16.4. The van der Waals surface area contributed by atoms with Crippen LogP contribution in [0, 0.1) is 5.41 Å². The van der Waals surface area contributed by atoms with E-state index < -0.39 is 0 Å². The Balaban J connectivity index is 4.27. The molecule has 0 rings (SSSR count). The Kier molecular flexibility index (Phi) is 7.72. The minimum Gasteiger partial charge on any atom is -0.312 e. The van der Waals surface area contributed by atoms with Gasteiger partial charge < -0.3 is 5.32 Å². The van der Waals surface area contributed by atoms with Crippen LogP contribution in [0.3, 0.4) is 0 Å². The molecule has 0 saturated carbocycles. The Morgan fingerprint density at radius 3 is 1.84 bits per heavy atom. The maximum Gasteiger partial charge on any atom is 0.109 e. The Bertz CT molecular complexity index is 237. The van der Waals surface area contributed by atoms with Gasteiger partial charge in [-0.2, -0.15) is 0 Å². The quantitative estimate of drug-likeness (QED) is 0.501. The van der Waals surface area contributed by atoms with Gasteiger partial charge in [-0.3, -0.25) is 0 Å². The second-order valence-electron chi connectivity index (χ2n) is 8.93. The number of nitrogens with one attached hydrogen (secondary N) is 1. The molecule has 0 aliphatic carbocycles. The summed E-state index contributed by atoms with van der Waals surface area (Å²) in [6.07, 6.45) is 8.08. The highest BCUT2D eigenvalue weighted by atomic mass is 14.9. The highest BCUT2D eigenvalue weighted by Gasteiger charge is 2.29. The van der Waals surface area contributed by atoms with Gasteiger partial charge in [-0.05, 0) is 45.6 Å². The van der Waals surface area contributed by atoms with Crippen molar-refractivity contribution in [2.24, 2.45) is 5.41 Å². The molecule has 0 aromatic carbocycles. The lowest BCUT2D eigenvalue weighted by Gasteiger charge is -2.36. The molecule has 0 saturated heterocycles. The first kappa shape index (κ1) is 19.0. The summed E-state index contributed by atoms with van der Waals surface area (Å²) in [6.45, 7) is 17.3. The van der Waals surface area contributed by atoms with Crippen LogP contribution in [0.1, 0.15) is 87.0 Å². The number of rotatable bonds is 8. The van der Waals surface area contributed by atoms with Crippen molar-refractivity contribution in [3.05, 3.63) is 0 Å². The lowest BCUT2D eigenvalue weighted by molar-refractivity contribution is 0.274. The largest absolute Gasteiger partial charge is 0.312 e. The Hall–Kier alpha value is 0.0249. The Labute approximate surface area is 123 Å². The SMILES string of the molecule is BC(CCCC)(CCCNC(C)(C)C)CC(C)(C)C. The van der Waals surface area contributed by atoms with Gasteiger partial charge in [0.05, 0.1) is 0 Å². The second kappa shape index (κ2) is 7.71. The zero-order valence-corrected chi connectivity index (χ0v) is 14.9. The zero-order chi connectivity index (χ0) is 15.2. The first-order chi connectivity index (χ1) is 8.47. The Morgan fingerprint density at radius 2 is 1.42 bits per heavy atom. The van der Waals surface area contributed by atoms with Crippen LogP contribution in [0.25, 0.3) is 0 Å². The molecule has 0 radical (unpaired) electrons. The van der Waals surface area contributed by atoms with Crippen molar-refractivity contribution < 1.29 is 0 Å². The molecule has 0 aromatic rings. The standard InChI is InChI=1S/C17H38BN/c1-8-9-11-17(18,14-15(2,3)4)12-10-13-19-16(5,6)7/h19H,8-14,18H2,1-7H3. The highest BCUT2D eigenvalue weighted by Crippen LogP contribution is 2.44. The third-order valence-corrected chi connectivity index (χ3v) is 3.70. The van der Waals surface area contributed by atoms with Gasteiger partial charge in [0.1, 0.15) is 7.85 Å². The summed E-state index contributed by atoms with van der Waals surface area (Å²) in [5.41, 5.74) is 0.698. The average molecular weight is 267 g/mol. The van der Waals surface area contributed by atoms with Crippen LogP contribution in [-0.2, 0) is 0 Å². The molecule has 0 spiro atoms. The van der Waals surface area contributed by atoms with E-state index in [1.54, 1.807) is 0 Å². The van der Waals surface area contributed by atoms with Crippen molar-refractivity contribution in [2.75, 3.05) is 6.54 Å². The van der Waals surface area contributed by atoms with Crippen LogP contribution in [-0.4, -0.2) is 19.9 Å². The minimum atomic E-state index is 0.254. The van der Waals surface area contributed by atoms with Crippen molar-refractivity contribution in [3.63, 3.8) is 0 Å². The lowest BCUT2D eigenvalue weighted by atomic mass is 9.57. The smallest absolute Gasteiger partial charge is 0.109 e. The molecule has 0 aliphatic rings. The molecular formula is C17H38BN. The molecule has 1 atom stereocenters. The van der Waals surface area contributed by atoms with Crippen LogP contribution >= 0.6 is 0 Å². The molecule has 1 nitrogen and oxygen atoms in total. The van der Waals surface area contributed by atoms with Gasteiger partial charge >= 0.3 is 0 Å². The number of hydrogen-bond donors (Lipinski definition) is 1. The molecule has 0 bridgehead atoms. The average Bonchev–Trinajstić information content (AvgIpc) is 2.18. The molecule has 0 fully saturated rings. The van der Waals surface area contributed by atoms with Crippen LogP contribution in [0.15, 0.2) is 0 Å². The van der Waals surface area contributed by atoms with E-state index in [1.165, 1.54) is 38.5 Å². The third kappa shape index (κ3) is 11.5. The van der Waals surface area contributed by atoms with Gasteiger partial charge in [0.25, 0.3) is 0 Å². The lowest BCUT2D eigenvalue weighted by Crippen LogP contribution is -2.36. The predicted molar refractivity (Wildman–Crippen MR) is 91.8 cm³/mol. The van der Waals surface area contributed by atoms with Gasteiger partial charge in [-0.1, -0.05) is 58.7 Å². The maximum atomic E-state index is 3.61. The van der Waals surface area contributed by atoms with Crippen LogP contribution < -0.4 is 5.32 Å². The first-order valence-corrected chi connectivity index (χ1v) is 8.22. The van der Waals surface area contributed by atoms with E-state index in [0.717, 1.165) is 6.54 Å². The fourth-order valence-corrected chi connectivity index (χ4v) is 3.16. The molecule has 114 valence electrons. The predicted octanol–water partition coefficient (Wildman–Crippen LogP) is 4.57. The zero-order valence-electron chi connectivity index (χ0n) is 14.9. The topological polar surface area (TPSA) is 12.0 Å². The van der Waals surface area contributed by atoms with E-state index in [-0.39, 0.29) is 5.54 Å². The third-order valence-electron chi connectivity index (χ3n) is 3.70. The van der Waals surface area contributed by atoms with Gasteiger partial charge in [-0.15, -0.1) is 0 Å². The van der Waals surface area contributed by atoms with Crippen molar-refractivity contribution in [1.29, 1.82) is 0 Å². The minimum absolute atomic E-state index is 0.254. The van der Waals surface area contributed by atoms with Crippen molar-refractivity contribution in [3.8, 4) is 0 Å². The summed E-state index contributed by atoms with van der Waals surface area (Å²) >= 11 is 0. The molecule has 0 heterocycles.